The highest BCUT2D eigenvalue weighted by atomic mass is 35.5. The molecule has 0 amide bonds. The van der Waals surface area contributed by atoms with Crippen LogP contribution in [0.2, 0.25) is 5.02 Å². The molecule has 1 aromatic carbocycles. The normalized spacial score (nSPS) is 19.6. The zero-order valence-electron chi connectivity index (χ0n) is 12.9. The third-order valence-corrected chi connectivity index (χ3v) is 5.29. The molecule has 0 saturated carbocycles. The SMILES string of the molecule is CC1(C)OB(c2ccc(-n3ccsc3=O)c(Cl)c2)OC1(C)C. The Morgan fingerprint density at radius 2 is 1.82 bits per heavy atom. The first-order chi connectivity index (χ1) is 10.2. The number of benzene rings is 1. The summed E-state index contributed by atoms with van der Waals surface area (Å²) in [7, 11) is -0.462. The summed E-state index contributed by atoms with van der Waals surface area (Å²) in [6.45, 7) is 8.03. The summed E-state index contributed by atoms with van der Waals surface area (Å²) in [5.74, 6) is 0. The van der Waals surface area contributed by atoms with Gasteiger partial charge >= 0.3 is 12.0 Å². The van der Waals surface area contributed by atoms with Gasteiger partial charge < -0.3 is 9.31 Å². The Hall–Kier alpha value is -1.08. The van der Waals surface area contributed by atoms with Gasteiger partial charge in [-0.2, -0.15) is 0 Å². The second-order valence-electron chi connectivity index (χ2n) is 6.34. The van der Waals surface area contributed by atoms with Crippen molar-refractivity contribution in [3.05, 3.63) is 44.5 Å². The van der Waals surface area contributed by atoms with Gasteiger partial charge in [-0.15, -0.1) is 0 Å². The van der Waals surface area contributed by atoms with Gasteiger partial charge in [0.1, 0.15) is 0 Å². The average molecular weight is 338 g/mol. The van der Waals surface area contributed by atoms with Gasteiger partial charge in [0, 0.05) is 11.6 Å². The molecule has 7 heteroatoms. The first-order valence-corrected chi connectivity index (χ1v) is 8.29. The van der Waals surface area contributed by atoms with Gasteiger partial charge in [0.25, 0.3) is 0 Å². The molecule has 2 heterocycles. The van der Waals surface area contributed by atoms with Crippen molar-refractivity contribution in [2.45, 2.75) is 38.9 Å². The third-order valence-electron chi connectivity index (χ3n) is 4.33. The Morgan fingerprint density at radius 1 is 1.18 bits per heavy atom. The maximum absolute atomic E-state index is 11.8. The fourth-order valence-corrected chi connectivity index (χ4v) is 3.14. The lowest BCUT2D eigenvalue weighted by molar-refractivity contribution is 0.00578. The van der Waals surface area contributed by atoms with Crippen molar-refractivity contribution in [1.29, 1.82) is 0 Å². The highest BCUT2D eigenvalue weighted by molar-refractivity contribution is 7.07. The van der Waals surface area contributed by atoms with Gasteiger partial charge in [0.05, 0.1) is 21.9 Å². The van der Waals surface area contributed by atoms with Gasteiger partial charge in [0.2, 0.25) is 0 Å². The number of aromatic nitrogens is 1. The molecule has 1 aromatic heterocycles. The highest BCUT2D eigenvalue weighted by Gasteiger charge is 2.51. The van der Waals surface area contributed by atoms with E-state index in [0.29, 0.717) is 10.7 Å². The molecule has 0 spiro atoms. The van der Waals surface area contributed by atoms with Crippen LogP contribution in [-0.2, 0) is 9.31 Å². The minimum atomic E-state index is -0.462. The minimum Gasteiger partial charge on any atom is -0.399 e. The number of rotatable bonds is 2. The molecule has 0 bridgehead atoms. The first kappa shape index (κ1) is 15.8. The van der Waals surface area contributed by atoms with Crippen molar-refractivity contribution < 1.29 is 9.31 Å². The van der Waals surface area contributed by atoms with Crippen molar-refractivity contribution in [3.63, 3.8) is 0 Å². The summed E-state index contributed by atoms with van der Waals surface area (Å²) in [6, 6.07) is 5.49. The van der Waals surface area contributed by atoms with Gasteiger partial charge in [-0.05, 0) is 45.3 Å². The van der Waals surface area contributed by atoms with Crippen LogP contribution in [0.5, 0.6) is 0 Å². The number of hydrogen-bond acceptors (Lipinski definition) is 4. The molecular formula is C15H17BClNO3S. The molecule has 3 rings (SSSR count). The van der Waals surface area contributed by atoms with Gasteiger partial charge in [0.15, 0.2) is 0 Å². The van der Waals surface area contributed by atoms with E-state index in [1.165, 1.54) is 4.57 Å². The summed E-state index contributed by atoms with van der Waals surface area (Å²) in [6.07, 6.45) is 1.71. The Labute approximate surface area is 138 Å². The molecule has 0 unspecified atom stereocenters. The average Bonchev–Trinajstić information content (AvgIpc) is 2.91. The smallest absolute Gasteiger partial charge is 0.399 e. The van der Waals surface area contributed by atoms with E-state index in [-0.39, 0.29) is 4.87 Å². The minimum absolute atomic E-state index is 0.0646. The Balaban J connectivity index is 1.94. The van der Waals surface area contributed by atoms with Gasteiger partial charge in [-0.1, -0.05) is 29.0 Å². The van der Waals surface area contributed by atoms with Crippen LogP contribution < -0.4 is 10.3 Å². The molecule has 0 N–H and O–H groups in total. The fraction of sp³-hybridized carbons (Fsp3) is 0.400. The monoisotopic (exact) mass is 337 g/mol. The van der Waals surface area contributed by atoms with Gasteiger partial charge in [-0.3, -0.25) is 9.36 Å². The van der Waals surface area contributed by atoms with E-state index in [1.807, 2.05) is 39.8 Å². The molecule has 1 aliphatic rings. The summed E-state index contributed by atoms with van der Waals surface area (Å²) in [5.41, 5.74) is 0.712. The summed E-state index contributed by atoms with van der Waals surface area (Å²) in [4.78, 5) is 11.7. The Kier molecular flexibility index (Phi) is 3.76. The third kappa shape index (κ3) is 2.54. The Morgan fingerprint density at radius 3 is 2.32 bits per heavy atom. The second kappa shape index (κ2) is 5.23. The number of hydrogen-bond donors (Lipinski definition) is 0. The van der Waals surface area contributed by atoms with Crippen LogP contribution in [0.4, 0.5) is 0 Å². The number of halogens is 1. The van der Waals surface area contributed by atoms with E-state index in [1.54, 1.807) is 17.6 Å². The first-order valence-electron chi connectivity index (χ1n) is 7.03. The van der Waals surface area contributed by atoms with Crippen LogP contribution in [0, 0.1) is 0 Å². The maximum Gasteiger partial charge on any atom is 0.494 e. The van der Waals surface area contributed by atoms with Crippen LogP contribution in [-0.4, -0.2) is 22.9 Å². The van der Waals surface area contributed by atoms with Crippen LogP contribution >= 0.6 is 22.9 Å². The van der Waals surface area contributed by atoms with Crippen molar-refractivity contribution in [1.82, 2.24) is 4.57 Å². The zero-order valence-corrected chi connectivity index (χ0v) is 14.5. The molecule has 1 aliphatic heterocycles. The van der Waals surface area contributed by atoms with E-state index in [0.717, 1.165) is 16.8 Å². The van der Waals surface area contributed by atoms with Crippen molar-refractivity contribution in [3.8, 4) is 5.69 Å². The lowest BCUT2D eigenvalue weighted by atomic mass is 9.79. The summed E-state index contributed by atoms with van der Waals surface area (Å²) in [5, 5.41) is 2.23. The number of thiazole rings is 1. The molecule has 4 nitrogen and oxygen atoms in total. The summed E-state index contributed by atoms with van der Waals surface area (Å²) < 4.78 is 13.6. The van der Waals surface area contributed by atoms with Crippen LogP contribution in [0.3, 0.4) is 0 Å². The molecule has 22 heavy (non-hydrogen) atoms. The van der Waals surface area contributed by atoms with E-state index in [2.05, 4.69) is 0 Å². The van der Waals surface area contributed by atoms with Crippen LogP contribution in [0.25, 0.3) is 5.69 Å². The van der Waals surface area contributed by atoms with E-state index in [9.17, 15) is 4.79 Å². The molecule has 0 radical (unpaired) electrons. The molecule has 0 aliphatic carbocycles. The second-order valence-corrected chi connectivity index (χ2v) is 7.60. The largest absolute Gasteiger partial charge is 0.494 e. The van der Waals surface area contributed by atoms with Crippen molar-refractivity contribution in [2.24, 2.45) is 0 Å². The highest BCUT2D eigenvalue weighted by Crippen LogP contribution is 2.36. The zero-order chi connectivity index (χ0) is 16.1. The van der Waals surface area contributed by atoms with E-state index < -0.39 is 18.3 Å². The predicted molar refractivity (Wildman–Crippen MR) is 90.6 cm³/mol. The van der Waals surface area contributed by atoms with Gasteiger partial charge in [-0.25, -0.2) is 0 Å². The molecule has 116 valence electrons. The lowest BCUT2D eigenvalue weighted by Crippen LogP contribution is -2.41. The standard InChI is InChI=1S/C15H17BClNO3S/c1-14(2)15(3,4)21-16(20-14)10-5-6-12(11(17)9-10)18-7-8-22-13(18)19/h5-9H,1-4H3. The molecule has 2 aromatic rings. The molecule has 1 saturated heterocycles. The fourth-order valence-electron chi connectivity index (χ4n) is 2.29. The van der Waals surface area contributed by atoms with Crippen molar-refractivity contribution in [2.75, 3.05) is 0 Å². The topological polar surface area (TPSA) is 40.5 Å². The van der Waals surface area contributed by atoms with E-state index >= 15 is 0 Å². The Bertz CT molecular complexity index is 752. The predicted octanol–water partition coefficient (Wildman–Crippen LogP) is 2.85. The van der Waals surface area contributed by atoms with Crippen LogP contribution in [0.15, 0.2) is 34.6 Å². The van der Waals surface area contributed by atoms with Crippen molar-refractivity contribution >= 4 is 35.5 Å². The molecule has 0 atom stereocenters. The number of nitrogens with zero attached hydrogens (tertiary/aromatic N) is 1. The molecule has 1 fully saturated rings. The van der Waals surface area contributed by atoms with E-state index in [4.69, 9.17) is 20.9 Å². The van der Waals surface area contributed by atoms with Crippen LogP contribution in [0.1, 0.15) is 27.7 Å². The quantitative estimate of drug-likeness (QED) is 0.791. The lowest BCUT2D eigenvalue weighted by Gasteiger charge is -2.32. The maximum atomic E-state index is 11.8. The molecular weight excluding hydrogens is 321 g/mol. The summed E-state index contributed by atoms with van der Waals surface area (Å²) >= 11 is 7.48.